The van der Waals surface area contributed by atoms with Gasteiger partial charge in [-0.3, -0.25) is 4.79 Å². The highest BCUT2D eigenvalue weighted by molar-refractivity contribution is 14.1. The number of aliphatic hydroxyl groups is 1. The van der Waals surface area contributed by atoms with E-state index in [0.29, 0.717) is 17.4 Å². The molecule has 1 amide bonds. The van der Waals surface area contributed by atoms with Gasteiger partial charge in [0.2, 0.25) is 5.91 Å². The first-order chi connectivity index (χ1) is 4.25. The van der Waals surface area contributed by atoms with Crippen LogP contribution in [-0.2, 0) is 4.79 Å². The van der Waals surface area contributed by atoms with Crippen LogP contribution in [-0.4, -0.2) is 26.7 Å². The standard InChI is InChI=1S/C5H8INO2/c6-3-7-4(8)1-2-5(7)9/h4,8H,1-3H2. The van der Waals surface area contributed by atoms with E-state index < -0.39 is 6.23 Å². The molecule has 0 aromatic rings. The Labute approximate surface area is 67.2 Å². The zero-order chi connectivity index (χ0) is 6.85. The number of rotatable bonds is 1. The Balaban J connectivity index is 2.55. The smallest absolute Gasteiger partial charge is 0.225 e. The van der Waals surface area contributed by atoms with Crippen molar-refractivity contribution in [1.29, 1.82) is 0 Å². The van der Waals surface area contributed by atoms with Gasteiger partial charge in [0.1, 0.15) is 6.23 Å². The van der Waals surface area contributed by atoms with Crippen molar-refractivity contribution in [3.05, 3.63) is 0 Å². The van der Waals surface area contributed by atoms with Gasteiger partial charge in [0.25, 0.3) is 0 Å². The number of carbonyl (C=O) groups is 1. The van der Waals surface area contributed by atoms with Crippen LogP contribution < -0.4 is 0 Å². The van der Waals surface area contributed by atoms with Crippen molar-refractivity contribution in [1.82, 2.24) is 4.90 Å². The summed E-state index contributed by atoms with van der Waals surface area (Å²) in [6.45, 7) is 0. The SMILES string of the molecule is O=C1CCC(O)N1CI. The lowest BCUT2D eigenvalue weighted by Gasteiger charge is -2.15. The number of likely N-dealkylation sites (tertiary alicyclic amines) is 1. The van der Waals surface area contributed by atoms with Crippen molar-refractivity contribution in [2.45, 2.75) is 19.1 Å². The van der Waals surface area contributed by atoms with Crippen LogP contribution in [0.4, 0.5) is 0 Å². The topological polar surface area (TPSA) is 40.5 Å². The first-order valence-electron chi connectivity index (χ1n) is 2.79. The predicted octanol–water partition coefficient (Wildman–Crippen LogP) is 0.320. The molecule has 4 heteroatoms. The summed E-state index contributed by atoms with van der Waals surface area (Å²) >= 11 is 2.07. The lowest BCUT2D eigenvalue weighted by atomic mass is 10.4. The Morgan fingerprint density at radius 1 is 1.89 bits per heavy atom. The van der Waals surface area contributed by atoms with Crippen LogP contribution in [0.1, 0.15) is 12.8 Å². The first-order valence-corrected chi connectivity index (χ1v) is 4.32. The van der Waals surface area contributed by atoms with Crippen LogP contribution in [0.25, 0.3) is 0 Å². The number of hydrogen-bond donors (Lipinski definition) is 1. The van der Waals surface area contributed by atoms with Crippen LogP contribution in [0.5, 0.6) is 0 Å². The summed E-state index contributed by atoms with van der Waals surface area (Å²) in [5.74, 6) is 0.0666. The van der Waals surface area contributed by atoms with Crippen LogP contribution in [0, 0.1) is 0 Å². The third kappa shape index (κ3) is 1.35. The van der Waals surface area contributed by atoms with Gasteiger partial charge >= 0.3 is 0 Å². The van der Waals surface area contributed by atoms with Crippen LogP contribution in [0.2, 0.25) is 0 Å². The molecule has 1 heterocycles. The molecule has 1 aliphatic heterocycles. The molecule has 0 aliphatic carbocycles. The van der Waals surface area contributed by atoms with Gasteiger partial charge in [-0.15, -0.1) is 0 Å². The molecule has 1 unspecified atom stereocenters. The fraction of sp³-hybridized carbons (Fsp3) is 0.800. The van der Waals surface area contributed by atoms with Gasteiger partial charge in [0, 0.05) is 12.8 Å². The zero-order valence-corrected chi connectivity index (χ0v) is 7.04. The van der Waals surface area contributed by atoms with Crippen molar-refractivity contribution in [3.8, 4) is 0 Å². The van der Waals surface area contributed by atoms with Crippen LogP contribution >= 0.6 is 22.6 Å². The second-order valence-electron chi connectivity index (χ2n) is 2.00. The number of nitrogens with zero attached hydrogens (tertiary/aromatic N) is 1. The normalized spacial score (nSPS) is 27.6. The Morgan fingerprint density at radius 2 is 2.56 bits per heavy atom. The second-order valence-corrected chi connectivity index (χ2v) is 2.68. The average Bonchev–Trinajstić information content (AvgIpc) is 2.12. The minimum absolute atomic E-state index is 0.0666. The van der Waals surface area contributed by atoms with E-state index in [9.17, 15) is 4.79 Å². The van der Waals surface area contributed by atoms with E-state index in [-0.39, 0.29) is 5.91 Å². The van der Waals surface area contributed by atoms with E-state index in [2.05, 4.69) is 22.6 Å². The van der Waals surface area contributed by atoms with Gasteiger partial charge in [-0.25, -0.2) is 0 Å². The fourth-order valence-electron chi connectivity index (χ4n) is 0.865. The molecule has 1 saturated heterocycles. The van der Waals surface area contributed by atoms with E-state index in [0.717, 1.165) is 0 Å². The minimum Gasteiger partial charge on any atom is -0.373 e. The summed E-state index contributed by atoms with van der Waals surface area (Å²) < 4.78 is 0.595. The van der Waals surface area contributed by atoms with Gasteiger partial charge < -0.3 is 10.0 Å². The lowest BCUT2D eigenvalue weighted by molar-refractivity contribution is -0.131. The molecule has 1 aliphatic rings. The summed E-state index contributed by atoms with van der Waals surface area (Å²) in [5.41, 5.74) is 0. The van der Waals surface area contributed by atoms with Crippen molar-refractivity contribution in [3.63, 3.8) is 0 Å². The number of carbonyl (C=O) groups excluding carboxylic acids is 1. The Hall–Kier alpha value is 0.160. The molecule has 52 valence electrons. The van der Waals surface area contributed by atoms with Crippen LogP contribution in [0.3, 0.4) is 0 Å². The van der Waals surface area contributed by atoms with Crippen molar-refractivity contribution < 1.29 is 9.90 Å². The van der Waals surface area contributed by atoms with Crippen molar-refractivity contribution in [2.75, 3.05) is 4.55 Å². The van der Waals surface area contributed by atoms with Crippen molar-refractivity contribution >= 4 is 28.5 Å². The monoisotopic (exact) mass is 241 g/mol. The summed E-state index contributed by atoms with van der Waals surface area (Å²) in [7, 11) is 0. The molecule has 1 N–H and O–H groups in total. The number of alkyl halides is 1. The third-order valence-electron chi connectivity index (χ3n) is 1.43. The predicted molar refractivity (Wildman–Crippen MR) is 41.0 cm³/mol. The van der Waals surface area contributed by atoms with E-state index in [1.54, 1.807) is 0 Å². The van der Waals surface area contributed by atoms with Gasteiger partial charge in [0.15, 0.2) is 0 Å². The Morgan fingerprint density at radius 3 is 2.78 bits per heavy atom. The van der Waals surface area contributed by atoms with Gasteiger partial charge in [-0.1, -0.05) is 22.6 Å². The summed E-state index contributed by atoms with van der Waals surface area (Å²) in [6.07, 6.45) is 0.584. The molecule has 3 nitrogen and oxygen atoms in total. The molecular weight excluding hydrogens is 233 g/mol. The highest BCUT2D eigenvalue weighted by Crippen LogP contribution is 2.16. The van der Waals surface area contributed by atoms with E-state index >= 15 is 0 Å². The maximum absolute atomic E-state index is 10.8. The number of amides is 1. The molecule has 0 aromatic heterocycles. The zero-order valence-electron chi connectivity index (χ0n) is 4.88. The maximum Gasteiger partial charge on any atom is 0.225 e. The molecule has 0 bridgehead atoms. The molecule has 9 heavy (non-hydrogen) atoms. The number of hydrogen-bond acceptors (Lipinski definition) is 2. The van der Waals surface area contributed by atoms with Crippen molar-refractivity contribution in [2.24, 2.45) is 0 Å². The molecule has 1 atom stereocenters. The average molecular weight is 241 g/mol. The van der Waals surface area contributed by atoms with Gasteiger partial charge in [-0.2, -0.15) is 0 Å². The largest absolute Gasteiger partial charge is 0.373 e. The first kappa shape index (κ1) is 7.27. The molecule has 0 spiro atoms. The Kier molecular flexibility index (Phi) is 2.29. The maximum atomic E-state index is 10.8. The lowest BCUT2D eigenvalue weighted by Crippen LogP contribution is -2.30. The third-order valence-corrected chi connectivity index (χ3v) is 2.16. The van der Waals surface area contributed by atoms with E-state index in [1.165, 1.54) is 4.90 Å². The second kappa shape index (κ2) is 2.83. The summed E-state index contributed by atoms with van der Waals surface area (Å²) in [6, 6.07) is 0. The molecule has 0 saturated carbocycles. The Bertz CT molecular complexity index is 128. The molecular formula is C5H8INO2. The number of halogens is 1. The van der Waals surface area contributed by atoms with Crippen LogP contribution in [0.15, 0.2) is 0 Å². The van der Waals surface area contributed by atoms with E-state index in [4.69, 9.17) is 5.11 Å². The van der Waals surface area contributed by atoms with Gasteiger partial charge in [-0.05, 0) is 0 Å². The quantitative estimate of drug-likeness (QED) is 0.408. The molecule has 1 fully saturated rings. The summed E-state index contributed by atoms with van der Waals surface area (Å²) in [5, 5.41) is 9.06. The summed E-state index contributed by atoms with van der Waals surface area (Å²) in [4.78, 5) is 12.2. The highest BCUT2D eigenvalue weighted by Gasteiger charge is 2.27. The fourth-order valence-corrected chi connectivity index (χ4v) is 1.70. The minimum atomic E-state index is -0.519. The van der Waals surface area contributed by atoms with E-state index in [1.807, 2.05) is 0 Å². The molecule has 0 radical (unpaired) electrons. The number of aliphatic hydroxyl groups excluding tert-OH is 1. The van der Waals surface area contributed by atoms with Gasteiger partial charge in [0.05, 0.1) is 4.55 Å². The molecule has 0 aromatic carbocycles. The highest BCUT2D eigenvalue weighted by atomic mass is 127. The molecule has 1 rings (SSSR count).